The zero-order valence-corrected chi connectivity index (χ0v) is 15.0. The Labute approximate surface area is 138 Å². The van der Waals surface area contributed by atoms with Crippen LogP contribution in [0.15, 0.2) is 4.99 Å². The molecule has 0 aromatic carbocycles. The lowest BCUT2D eigenvalue weighted by Crippen LogP contribution is -2.35. The molecule has 0 fully saturated rings. The van der Waals surface area contributed by atoms with Gasteiger partial charge in [-0.15, -0.1) is 24.0 Å². The molecule has 0 bridgehead atoms. The smallest absolute Gasteiger partial charge is 0.407 e. The van der Waals surface area contributed by atoms with Gasteiger partial charge in [-0.05, 0) is 27.2 Å². The van der Waals surface area contributed by atoms with Crippen molar-refractivity contribution in [3.63, 3.8) is 0 Å². The number of aliphatic imine (C=N–C) groups is 1. The van der Waals surface area contributed by atoms with Crippen LogP contribution in [0.3, 0.4) is 0 Å². The number of nitrogens with zero attached hydrogens (tertiary/aromatic N) is 1. The molecule has 0 saturated carbocycles. The highest BCUT2D eigenvalue weighted by Crippen LogP contribution is 2.06. The summed E-state index contributed by atoms with van der Waals surface area (Å²) >= 11 is 0. The van der Waals surface area contributed by atoms with Gasteiger partial charge in [0.1, 0.15) is 5.60 Å². The lowest BCUT2D eigenvalue weighted by Gasteiger charge is -2.19. The summed E-state index contributed by atoms with van der Waals surface area (Å²) in [5, 5.41) is 5.56. The summed E-state index contributed by atoms with van der Waals surface area (Å²) in [6, 6.07) is 0. The van der Waals surface area contributed by atoms with Gasteiger partial charge in [0.2, 0.25) is 0 Å². The van der Waals surface area contributed by atoms with E-state index >= 15 is 0 Å². The van der Waals surface area contributed by atoms with Gasteiger partial charge >= 0.3 is 6.09 Å². The largest absolute Gasteiger partial charge is 0.444 e. The van der Waals surface area contributed by atoms with Crippen molar-refractivity contribution in [3.05, 3.63) is 0 Å². The Balaban J connectivity index is 0. The summed E-state index contributed by atoms with van der Waals surface area (Å²) in [6.07, 6.45) is 0.286. The number of hydrogen-bond acceptors (Lipinski definition) is 4. The van der Waals surface area contributed by atoms with Crippen LogP contribution in [0, 0.1) is 0 Å². The van der Waals surface area contributed by atoms with E-state index in [-0.39, 0.29) is 24.0 Å². The number of halogens is 1. The summed E-state index contributed by atoms with van der Waals surface area (Å²) in [5.41, 5.74) is 5.14. The summed E-state index contributed by atoms with van der Waals surface area (Å²) in [7, 11) is 1.62. The van der Waals surface area contributed by atoms with Crippen LogP contribution in [0.4, 0.5) is 4.79 Å². The Morgan fingerprint density at radius 2 is 1.90 bits per heavy atom. The lowest BCUT2D eigenvalue weighted by molar-refractivity contribution is 0.0527. The predicted octanol–water partition coefficient (Wildman–Crippen LogP) is 1.07. The first kappa shape index (κ1) is 21.5. The molecule has 0 aromatic rings. The third-order valence-electron chi connectivity index (χ3n) is 1.90. The van der Waals surface area contributed by atoms with E-state index in [4.69, 9.17) is 15.2 Å². The van der Waals surface area contributed by atoms with Crippen LogP contribution < -0.4 is 16.4 Å². The fourth-order valence-corrected chi connectivity index (χ4v) is 1.12. The standard InChI is InChI=1S/C12H26N4O3.HI/c1-12(2,3)19-11(17)16-7-5-6-14-10(13)15-8-9-18-4;/h5-9H2,1-4H3,(H,16,17)(H3,13,14,15);1H. The van der Waals surface area contributed by atoms with Crippen LogP contribution >= 0.6 is 24.0 Å². The van der Waals surface area contributed by atoms with Crippen molar-refractivity contribution >= 4 is 36.0 Å². The normalized spacial score (nSPS) is 11.5. The van der Waals surface area contributed by atoms with Gasteiger partial charge in [0, 0.05) is 26.7 Å². The van der Waals surface area contributed by atoms with E-state index in [0.29, 0.717) is 38.6 Å². The number of hydrogen-bond donors (Lipinski definition) is 3. The van der Waals surface area contributed by atoms with Crippen LogP contribution in [-0.4, -0.2) is 51.0 Å². The monoisotopic (exact) mass is 402 g/mol. The van der Waals surface area contributed by atoms with Gasteiger partial charge in [0.05, 0.1) is 6.61 Å². The molecule has 0 aliphatic rings. The van der Waals surface area contributed by atoms with Gasteiger partial charge < -0.3 is 25.8 Å². The van der Waals surface area contributed by atoms with Gasteiger partial charge in [0.25, 0.3) is 0 Å². The maximum absolute atomic E-state index is 11.3. The summed E-state index contributed by atoms with van der Waals surface area (Å²) in [6.45, 7) is 7.72. The number of alkyl carbamates (subject to hydrolysis) is 1. The molecule has 7 nitrogen and oxygen atoms in total. The molecule has 0 saturated heterocycles. The number of nitrogens with two attached hydrogens (primary N) is 1. The van der Waals surface area contributed by atoms with Crippen molar-refractivity contribution in [3.8, 4) is 0 Å². The third kappa shape index (κ3) is 15.3. The maximum atomic E-state index is 11.3. The minimum Gasteiger partial charge on any atom is -0.444 e. The highest BCUT2D eigenvalue weighted by atomic mass is 127. The number of rotatable bonds is 7. The van der Waals surface area contributed by atoms with E-state index in [0.717, 1.165) is 0 Å². The van der Waals surface area contributed by atoms with Crippen molar-refractivity contribution in [1.82, 2.24) is 10.6 Å². The topological polar surface area (TPSA) is 98.0 Å². The summed E-state index contributed by atoms with van der Waals surface area (Å²) in [5.74, 6) is 0.384. The van der Waals surface area contributed by atoms with Gasteiger partial charge in [-0.1, -0.05) is 0 Å². The number of amides is 1. The first-order valence-electron chi connectivity index (χ1n) is 6.34. The molecular formula is C12H27IN4O3. The second kappa shape index (κ2) is 12.0. The molecule has 0 heterocycles. The van der Waals surface area contributed by atoms with E-state index < -0.39 is 11.7 Å². The Morgan fingerprint density at radius 3 is 2.45 bits per heavy atom. The molecular weight excluding hydrogens is 375 g/mol. The van der Waals surface area contributed by atoms with E-state index in [1.807, 2.05) is 20.8 Å². The Morgan fingerprint density at radius 1 is 1.25 bits per heavy atom. The highest BCUT2D eigenvalue weighted by Gasteiger charge is 2.15. The second-order valence-corrected chi connectivity index (χ2v) is 4.97. The molecule has 0 rings (SSSR count). The molecule has 120 valence electrons. The number of carbonyl (C=O) groups is 1. The van der Waals surface area contributed by atoms with E-state index in [9.17, 15) is 4.79 Å². The molecule has 4 N–H and O–H groups in total. The SMILES string of the molecule is COCCNC(N)=NCCCNC(=O)OC(C)(C)C.I. The molecule has 8 heteroatoms. The number of methoxy groups -OCH3 is 1. The third-order valence-corrected chi connectivity index (χ3v) is 1.90. The molecule has 0 spiro atoms. The predicted molar refractivity (Wildman–Crippen MR) is 90.6 cm³/mol. The molecule has 1 amide bonds. The van der Waals surface area contributed by atoms with Gasteiger partial charge in [-0.25, -0.2) is 4.79 Å². The fraction of sp³-hybridized carbons (Fsp3) is 0.833. The molecule has 0 aromatic heterocycles. The molecule has 0 aliphatic carbocycles. The minimum absolute atomic E-state index is 0. The Bertz CT molecular complexity index is 293. The number of carbonyl (C=O) groups excluding carboxylic acids is 1. The Kier molecular flexibility index (Phi) is 12.9. The van der Waals surface area contributed by atoms with E-state index in [1.165, 1.54) is 0 Å². The minimum atomic E-state index is -0.474. The molecule has 20 heavy (non-hydrogen) atoms. The number of guanidine groups is 1. The fourth-order valence-electron chi connectivity index (χ4n) is 1.12. The van der Waals surface area contributed by atoms with Crippen molar-refractivity contribution in [2.24, 2.45) is 10.7 Å². The number of ether oxygens (including phenoxy) is 2. The van der Waals surface area contributed by atoms with Gasteiger partial charge in [-0.2, -0.15) is 0 Å². The quantitative estimate of drug-likeness (QED) is 0.256. The van der Waals surface area contributed by atoms with Gasteiger partial charge in [-0.3, -0.25) is 4.99 Å². The van der Waals surface area contributed by atoms with Crippen molar-refractivity contribution < 1.29 is 14.3 Å². The zero-order chi connectivity index (χ0) is 14.7. The van der Waals surface area contributed by atoms with E-state index in [1.54, 1.807) is 7.11 Å². The average Bonchev–Trinajstić information content (AvgIpc) is 2.26. The number of nitrogens with one attached hydrogen (secondary N) is 2. The second-order valence-electron chi connectivity index (χ2n) is 4.97. The van der Waals surface area contributed by atoms with Crippen molar-refractivity contribution in [2.45, 2.75) is 32.8 Å². The van der Waals surface area contributed by atoms with Crippen LogP contribution in [-0.2, 0) is 9.47 Å². The maximum Gasteiger partial charge on any atom is 0.407 e. The zero-order valence-electron chi connectivity index (χ0n) is 12.7. The van der Waals surface area contributed by atoms with Gasteiger partial charge in [0.15, 0.2) is 5.96 Å². The van der Waals surface area contributed by atoms with Crippen molar-refractivity contribution in [2.75, 3.05) is 33.4 Å². The molecule has 0 radical (unpaired) electrons. The lowest BCUT2D eigenvalue weighted by atomic mass is 10.2. The Hall–Kier alpha value is -0.770. The van der Waals surface area contributed by atoms with Crippen LogP contribution in [0.2, 0.25) is 0 Å². The van der Waals surface area contributed by atoms with Crippen molar-refractivity contribution in [1.29, 1.82) is 0 Å². The first-order chi connectivity index (χ1) is 8.85. The first-order valence-corrected chi connectivity index (χ1v) is 6.34. The van der Waals surface area contributed by atoms with Crippen LogP contribution in [0.5, 0.6) is 0 Å². The summed E-state index contributed by atoms with van der Waals surface area (Å²) in [4.78, 5) is 15.4. The highest BCUT2D eigenvalue weighted by molar-refractivity contribution is 14.0. The van der Waals surface area contributed by atoms with Crippen LogP contribution in [0.1, 0.15) is 27.2 Å². The molecule has 0 aliphatic heterocycles. The van der Waals surface area contributed by atoms with E-state index in [2.05, 4.69) is 15.6 Å². The average molecular weight is 402 g/mol. The summed E-state index contributed by atoms with van der Waals surface area (Å²) < 4.78 is 9.96. The van der Waals surface area contributed by atoms with Crippen LogP contribution in [0.25, 0.3) is 0 Å². The molecule has 0 unspecified atom stereocenters. The molecule has 0 atom stereocenters.